The molecule has 1 unspecified atom stereocenters. The smallest absolute Gasteiger partial charge is 0.258 e. The molecule has 2 aromatic carbocycles. The van der Waals surface area contributed by atoms with Crippen LogP contribution >= 0.6 is 23.8 Å². The van der Waals surface area contributed by atoms with Gasteiger partial charge in [-0.05, 0) is 61.1 Å². The average molecular weight is 441 g/mol. The fourth-order valence-electron chi connectivity index (χ4n) is 3.36. The highest BCUT2D eigenvalue weighted by molar-refractivity contribution is 7.80. The predicted octanol–water partition coefficient (Wildman–Crippen LogP) is 5.38. The topological polar surface area (TPSA) is 54.2 Å². The van der Waals surface area contributed by atoms with Gasteiger partial charge in [-0.15, -0.1) is 6.58 Å². The van der Waals surface area contributed by atoms with E-state index >= 15 is 0 Å². The van der Waals surface area contributed by atoms with Crippen LogP contribution in [0.25, 0.3) is 17.0 Å². The number of hydrogen-bond acceptors (Lipinski definition) is 4. The van der Waals surface area contributed by atoms with Crippen molar-refractivity contribution in [3.05, 3.63) is 89.2 Å². The van der Waals surface area contributed by atoms with Crippen LogP contribution in [-0.2, 0) is 0 Å². The van der Waals surface area contributed by atoms with Crippen molar-refractivity contribution in [2.45, 2.75) is 13.0 Å². The van der Waals surface area contributed by atoms with E-state index in [1.54, 1.807) is 18.2 Å². The van der Waals surface area contributed by atoms with E-state index in [0.29, 0.717) is 34.0 Å². The molecular formula is C22H18ClFN4OS. The summed E-state index contributed by atoms with van der Waals surface area (Å²) < 4.78 is 18.9. The van der Waals surface area contributed by atoms with E-state index in [1.165, 1.54) is 12.1 Å². The molecule has 5 nitrogen and oxygen atoms in total. The summed E-state index contributed by atoms with van der Waals surface area (Å²) in [6, 6.07) is 13.1. The van der Waals surface area contributed by atoms with Gasteiger partial charge in [0.1, 0.15) is 5.82 Å². The Kier molecular flexibility index (Phi) is 5.65. The summed E-state index contributed by atoms with van der Waals surface area (Å²) in [6.07, 6.45) is 1.77. The van der Waals surface area contributed by atoms with Crippen molar-refractivity contribution >= 4 is 34.5 Å². The lowest BCUT2D eigenvalue weighted by molar-refractivity contribution is 0.399. The number of aromatic nitrogens is 2. The van der Waals surface area contributed by atoms with Crippen molar-refractivity contribution in [1.29, 1.82) is 0 Å². The molecule has 0 aliphatic carbocycles. The molecule has 4 rings (SSSR count). The zero-order valence-corrected chi connectivity index (χ0v) is 17.7. The average Bonchev–Trinajstić information content (AvgIpc) is 3.21. The van der Waals surface area contributed by atoms with E-state index in [0.717, 1.165) is 16.8 Å². The highest BCUT2D eigenvalue weighted by Crippen LogP contribution is 2.37. The van der Waals surface area contributed by atoms with Crippen LogP contribution in [0.1, 0.15) is 24.4 Å². The van der Waals surface area contributed by atoms with Gasteiger partial charge in [-0.2, -0.15) is 4.98 Å². The summed E-state index contributed by atoms with van der Waals surface area (Å²) in [4.78, 5) is 6.50. The van der Waals surface area contributed by atoms with Crippen molar-refractivity contribution in [1.82, 2.24) is 20.4 Å². The maximum absolute atomic E-state index is 13.3. The Morgan fingerprint density at radius 1 is 1.23 bits per heavy atom. The molecule has 152 valence electrons. The summed E-state index contributed by atoms with van der Waals surface area (Å²) >= 11 is 11.6. The van der Waals surface area contributed by atoms with Crippen LogP contribution in [0.4, 0.5) is 4.39 Å². The second-order valence-electron chi connectivity index (χ2n) is 6.76. The lowest BCUT2D eigenvalue weighted by Crippen LogP contribution is -2.45. The minimum atomic E-state index is -0.325. The van der Waals surface area contributed by atoms with E-state index < -0.39 is 0 Å². The standard InChI is InChI=1S/C22H18ClFN4OS/c1-3-12-28-13(2)18(19(25-22(28)30)14-4-8-16(23)9-5-14)21-26-20(27-29-21)15-6-10-17(24)11-7-15/h3-11,19H,1,12H2,2H3,(H,25,30). The van der Waals surface area contributed by atoms with Gasteiger partial charge in [0.15, 0.2) is 5.11 Å². The summed E-state index contributed by atoms with van der Waals surface area (Å²) in [5, 5.41) is 8.67. The molecule has 0 amide bonds. The molecule has 1 aromatic heterocycles. The number of allylic oxidation sites excluding steroid dienone is 1. The summed E-state index contributed by atoms with van der Waals surface area (Å²) in [6.45, 7) is 6.30. The zero-order chi connectivity index (χ0) is 21.3. The number of thiocarbonyl (C=S) groups is 1. The zero-order valence-electron chi connectivity index (χ0n) is 16.1. The number of halogens is 2. The van der Waals surface area contributed by atoms with E-state index in [9.17, 15) is 4.39 Å². The van der Waals surface area contributed by atoms with Crippen molar-refractivity contribution in [3.8, 4) is 11.4 Å². The molecule has 1 aliphatic rings. The van der Waals surface area contributed by atoms with Gasteiger partial charge >= 0.3 is 0 Å². The molecule has 1 aliphatic heterocycles. The normalized spacial score (nSPS) is 16.6. The van der Waals surface area contributed by atoms with Gasteiger partial charge in [-0.25, -0.2) is 4.39 Å². The van der Waals surface area contributed by atoms with Crippen LogP contribution in [0.15, 0.2) is 71.4 Å². The fraction of sp³-hybridized carbons (Fsp3) is 0.136. The van der Waals surface area contributed by atoms with E-state index in [2.05, 4.69) is 22.0 Å². The van der Waals surface area contributed by atoms with Crippen LogP contribution in [0.3, 0.4) is 0 Å². The Morgan fingerprint density at radius 3 is 2.60 bits per heavy atom. The summed E-state index contributed by atoms with van der Waals surface area (Å²) in [7, 11) is 0. The second kappa shape index (κ2) is 8.38. The quantitative estimate of drug-likeness (QED) is 0.424. The molecule has 0 radical (unpaired) electrons. The molecule has 8 heteroatoms. The number of benzene rings is 2. The Labute approximate surface area is 183 Å². The Balaban J connectivity index is 1.81. The van der Waals surface area contributed by atoms with Gasteiger partial charge in [0.05, 0.1) is 11.6 Å². The van der Waals surface area contributed by atoms with Crippen LogP contribution < -0.4 is 5.32 Å². The molecule has 1 N–H and O–H groups in total. The van der Waals surface area contributed by atoms with E-state index in [4.69, 9.17) is 28.3 Å². The second-order valence-corrected chi connectivity index (χ2v) is 7.59. The van der Waals surface area contributed by atoms with Gasteiger partial charge in [-0.1, -0.05) is 35.0 Å². The molecule has 0 spiro atoms. The lowest BCUT2D eigenvalue weighted by atomic mass is 9.95. The molecule has 2 heterocycles. The molecule has 0 saturated carbocycles. The fourth-order valence-corrected chi connectivity index (χ4v) is 3.82. The van der Waals surface area contributed by atoms with Crippen molar-refractivity contribution in [3.63, 3.8) is 0 Å². The van der Waals surface area contributed by atoms with Gasteiger partial charge in [0, 0.05) is 22.8 Å². The highest BCUT2D eigenvalue weighted by Gasteiger charge is 2.33. The van der Waals surface area contributed by atoms with Crippen molar-refractivity contribution in [2.24, 2.45) is 0 Å². The SMILES string of the molecule is C=CCN1C(=S)NC(c2ccc(Cl)cc2)C(c2nc(-c3ccc(F)cc3)no2)=C1C. The third-order valence-electron chi connectivity index (χ3n) is 4.87. The van der Waals surface area contributed by atoms with Crippen molar-refractivity contribution in [2.75, 3.05) is 6.54 Å². The Hall–Kier alpha value is -3.03. The minimum Gasteiger partial charge on any atom is -0.351 e. The molecule has 30 heavy (non-hydrogen) atoms. The highest BCUT2D eigenvalue weighted by atomic mass is 35.5. The first-order chi connectivity index (χ1) is 14.5. The molecule has 0 bridgehead atoms. The maximum atomic E-state index is 13.3. The third kappa shape index (κ3) is 3.86. The number of hydrogen-bond donors (Lipinski definition) is 1. The Morgan fingerprint density at radius 2 is 1.93 bits per heavy atom. The van der Waals surface area contributed by atoms with Gasteiger partial charge in [0.2, 0.25) is 5.82 Å². The first kappa shape index (κ1) is 20.3. The Bertz CT molecular complexity index is 1120. The van der Waals surface area contributed by atoms with Gasteiger partial charge in [-0.3, -0.25) is 0 Å². The monoisotopic (exact) mass is 440 g/mol. The largest absolute Gasteiger partial charge is 0.351 e. The number of nitrogens with zero attached hydrogens (tertiary/aromatic N) is 3. The van der Waals surface area contributed by atoms with E-state index in [-0.39, 0.29) is 11.9 Å². The number of nitrogens with one attached hydrogen (secondary N) is 1. The molecule has 1 atom stereocenters. The van der Waals surface area contributed by atoms with Crippen LogP contribution in [0, 0.1) is 5.82 Å². The molecular weight excluding hydrogens is 423 g/mol. The molecule has 0 fully saturated rings. The first-order valence-electron chi connectivity index (χ1n) is 9.23. The van der Waals surface area contributed by atoms with Gasteiger partial charge in [0.25, 0.3) is 5.89 Å². The number of rotatable bonds is 5. The van der Waals surface area contributed by atoms with Crippen LogP contribution in [0.2, 0.25) is 5.02 Å². The van der Waals surface area contributed by atoms with Crippen molar-refractivity contribution < 1.29 is 8.91 Å². The van der Waals surface area contributed by atoms with Crippen LogP contribution in [0.5, 0.6) is 0 Å². The summed E-state index contributed by atoms with van der Waals surface area (Å²) in [5.74, 6) is 0.410. The lowest BCUT2D eigenvalue weighted by Gasteiger charge is -2.36. The molecule has 0 saturated heterocycles. The third-order valence-corrected chi connectivity index (χ3v) is 5.46. The summed E-state index contributed by atoms with van der Waals surface area (Å²) in [5.41, 5.74) is 3.30. The minimum absolute atomic E-state index is 0.294. The van der Waals surface area contributed by atoms with Crippen LogP contribution in [-0.4, -0.2) is 26.7 Å². The predicted molar refractivity (Wildman–Crippen MR) is 119 cm³/mol. The van der Waals surface area contributed by atoms with E-state index in [1.807, 2.05) is 36.1 Å². The maximum Gasteiger partial charge on any atom is 0.258 e. The first-order valence-corrected chi connectivity index (χ1v) is 10.0. The molecule has 3 aromatic rings. The van der Waals surface area contributed by atoms with Gasteiger partial charge < -0.3 is 14.7 Å².